The third kappa shape index (κ3) is 39.0. The number of phosphoric ester groups is 1. The number of carbonyl (C=O) groups excluding carboxylic acids is 2. The van der Waals surface area contributed by atoms with Gasteiger partial charge in [0.15, 0.2) is 6.10 Å². The summed E-state index contributed by atoms with van der Waals surface area (Å²) in [5.41, 5.74) is 5.34. The molecule has 0 aromatic rings. The largest absolute Gasteiger partial charge is 0.472 e. The van der Waals surface area contributed by atoms with Gasteiger partial charge in [-0.15, -0.1) is 0 Å². The Morgan fingerprint density at radius 1 is 0.585 bits per heavy atom. The number of rotatable bonds is 37. The number of carbonyl (C=O) groups is 2. The molecule has 0 aliphatic heterocycles. The van der Waals surface area contributed by atoms with Crippen molar-refractivity contribution in [1.82, 2.24) is 0 Å². The Morgan fingerprint density at radius 3 is 1.55 bits per heavy atom. The van der Waals surface area contributed by atoms with Crippen LogP contribution in [0, 0.1) is 0 Å². The molecule has 9 nitrogen and oxygen atoms in total. The van der Waals surface area contributed by atoms with E-state index in [1.165, 1.54) is 25.7 Å². The monoisotopic (exact) mass is 764 g/mol. The van der Waals surface area contributed by atoms with Crippen LogP contribution < -0.4 is 5.73 Å². The van der Waals surface area contributed by atoms with Gasteiger partial charge in [0.05, 0.1) is 13.2 Å². The molecule has 0 aromatic carbocycles. The maximum absolute atomic E-state index is 12.6. The number of unbranched alkanes of at least 4 members (excludes halogenated alkanes) is 12. The fourth-order valence-electron chi connectivity index (χ4n) is 5.07. The number of hydrogen-bond acceptors (Lipinski definition) is 8. The van der Waals surface area contributed by atoms with Crippen LogP contribution in [0.15, 0.2) is 72.9 Å². The predicted octanol–water partition coefficient (Wildman–Crippen LogP) is 11.5. The molecule has 0 saturated carbocycles. The van der Waals surface area contributed by atoms with Crippen molar-refractivity contribution in [2.45, 2.75) is 161 Å². The standard InChI is InChI=1S/C43H74NO8P/c1-3-5-7-9-11-13-15-17-19-20-22-24-26-28-30-32-34-36-43(46)52-41(40-51-53(47,48)50-38-37-44)39-49-42(45)35-33-31-29-27-25-23-21-18-16-14-12-10-8-6-4-2/h5,7,11-14,17-19,21-22,24,41H,3-4,6,8-10,15-16,20,23,25-40,44H2,1-2H3,(H,47,48)/b7-5-,13-11-,14-12-,19-17-,21-18-,24-22-. The summed E-state index contributed by atoms with van der Waals surface area (Å²) in [4.78, 5) is 34.8. The Morgan fingerprint density at radius 2 is 1.04 bits per heavy atom. The zero-order valence-corrected chi connectivity index (χ0v) is 34.1. The lowest BCUT2D eigenvalue weighted by atomic mass is 10.1. The van der Waals surface area contributed by atoms with Gasteiger partial charge < -0.3 is 20.1 Å². The van der Waals surface area contributed by atoms with Crippen LogP contribution in [-0.2, 0) is 32.7 Å². The number of esters is 2. The minimum Gasteiger partial charge on any atom is -0.462 e. The van der Waals surface area contributed by atoms with Gasteiger partial charge in [-0.1, -0.05) is 132 Å². The third-order valence-electron chi connectivity index (χ3n) is 8.08. The maximum Gasteiger partial charge on any atom is 0.472 e. The van der Waals surface area contributed by atoms with Gasteiger partial charge in [0, 0.05) is 19.4 Å². The molecule has 0 aliphatic rings. The number of allylic oxidation sites excluding steroid dienone is 12. The van der Waals surface area contributed by atoms with Gasteiger partial charge in [-0.25, -0.2) is 4.57 Å². The average Bonchev–Trinajstić information content (AvgIpc) is 3.14. The molecule has 0 bridgehead atoms. The summed E-state index contributed by atoms with van der Waals surface area (Å²) in [6.07, 6.45) is 46.4. The SMILES string of the molecule is CC/C=C\C/C=C\C/C=C\C/C=C\CCCCCCC(=O)OC(COC(=O)CCCCCCC/C=C\C/C=C\CCCCC)COP(=O)(O)OCCN. The van der Waals surface area contributed by atoms with E-state index >= 15 is 0 Å². The molecule has 0 amide bonds. The van der Waals surface area contributed by atoms with Gasteiger partial charge in [-0.2, -0.15) is 0 Å². The Labute approximate surface area is 322 Å². The zero-order chi connectivity index (χ0) is 38.9. The van der Waals surface area contributed by atoms with Gasteiger partial charge in [0.1, 0.15) is 6.61 Å². The predicted molar refractivity (Wildman–Crippen MR) is 219 cm³/mol. The van der Waals surface area contributed by atoms with Gasteiger partial charge in [-0.3, -0.25) is 18.6 Å². The van der Waals surface area contributed by atoms with Crippen LogP contribution in [-0.4, -0.2) is 49.3 Å². The number of ether oxygens (including phenoxy) is 2. The summed E-state index contributed by atoms with van der Waals surface area (Å²) in [5, 5.41) is 0. The first-order valence-electron chi connectivity index (χ1n) is 20.4. The van der Waals surface area contributed by atoms with Crippen molar-refractivity contribution in [1.29, 1.82) is 0 Å². The van der Waals surface area contributed by atoms with Crippen LogP contribution in [0.1, 0.15) is 155 Å². The Kier molecular flexibility index (Phi) is 37.3. The molecule has 10 heteroatoms. The first-order chi connectivity index (χ1) is 25.8. The second-order valence-corrected chi connectivity index (χ2v) is 14.6. The molecule has 0 fully saturated rings. The quantitative estimate of drug-likeness (QED) is 0.0274. The molecule has 2 atom stereocenters. The van der Waals surface area contributed by atoms with E-state index < -0.39 is 32.5 Å². The molecule has 0 aromatic heterocycles. The Hall–Kier alpha value is -2.55. The van der Waals surface area contributed by atoms with Gasteiger partial charge in [0.2, 0.25) is 0 Å². The highest BCUT2D eigenvalue weighted by Gasteiger charge is 2.25. The van der Waals surface area contributed by atoms with E-state index in [-0.39, 0.29) is 32.6 Å². The van der Waals surface area contributed by atoms with Crippen molar-refractivity contribution in [3.05, 3.63) is 72.9 Å². The van der Waals surface area contributed by atoms with Crippen molar-refractivity contribution in [3.8, 4) is 0 Å². The Bertz CT molecular complexity index is 1100. The third-order valence-corrected chi connectivity index (χ3v) is 9.06. The van der Waals surface area contributed by atoms with Crippen molar-refractivity contribution in [2.75, 3.05) is 26.4 Å². The van der Waals surface area contributed by atoms with Crippen LogP contribution in [0.5, 0.6) is 0 Å². The van der Waals surface area contributed by atoms with E-state index in [1.807, 2.05) is 0 Å². The highest BCUT2D eigenvalue weighted by atomic mass is 31.2. The van der Waals surface area contributed by atoms with E-state index in [0.29, 0.717) is 12.8 Å². The first kappa shape index (κ1) is 50.5. The molecule has 0 spiro atoms. The van der Waals surface area contributed by atoms with Crippen LogP contribution in [0.4, 0.5) is 0 Å². The molecule has 0 radical (unpaired) electrons. The van der Waals surface area contributed by atoms with Crippen LogP contribution in [0.3, 0.4) is 0 Å². The summed E-state index contributed by atoms with van der Waals surface area (Å²) in [6.45, 7) is 3.52. The second kappa shape index (κ2) is 39.2. The fourth-order valence-corrected chi connectivity index (χ4v) is 5.83. The van der Waals surface area contributed by atoms with Crippen molar-refractivity contribution >= 4 is 19.8 Å². The fraction of sp³-hybridized carbons (Fsp3) is 0.674. The molecule has 2 unspecified atom stereocenters. The van der Waals surface area contributed by atoms with Crippen LogP contribution >= 0.6 is 7.82 Å². The number of nitrogens with two attached hydrogens (primary N) is 1. The first-order valence-corrected chi connectivity index (χ1v) is 21.9. The minimum atomic E-state index is -4.39. The van der Waals surface area contributed by atoms with Crippen molar-refractivity contribution in [2.24, 2.45) is 5.73 Å². The molecule has 53 heavy (non-hydrogen) atoms. The van der Waals surface area contributed by atoms with E-state index in [9.17, 15) is 19.0 Å². The number of hydrogen-bond donors (Lipinski definition) is 2. The topological polar surface area (TPSA) is 134 Å². The summed E-state index contributed by atoms with van der Waals surface area (Å²) in [7, 11) is -4.39. The lowest BCUT2D eigenvalue weighted by molar-refractivity contribution is -0.161. The summed E-state index contributed by atoms with van der Waals surface area (Å²) < 4.78 is 32.7. The smallest absolute Gasteiger partial charge is 0.462 e. The van der Waals surface area contributed by atoms with Gasteiger partial charge in [0.25, 0.3) is 0 Å². The lowest BCUT2D eigenvalue weighted by Crippen LogP contribution is -2.29. The molecule has 304 valence electrons. The highest BCUT2D eigenvalue weighted by Crippen LogP contribution is 2.43. The molecular weight excluding hydrogens is 689 g/mol. The minimum absolute atomic E-state index is 0.0432. The summed E-state index contributed by atoms with van der Waals surface area (Å²) in [5.74, 6) is -0.880. The molecule has 3 N–H and O–H groups in total. The zero-order valence-electron chi connectivity index (χ0n) is 33.2. The second-order valence-electron chi connectivity index (χ2n) is 13.1. The van der Waals surface area contributed by atoms with Crippen molar-refractivity contribution in [3.63, 3.8) is 0 Å². The molecule has 0 aliphatic carbocycles. The van der Waals surface area contributed by atoms with E-state index in [2.05, 4.69) is 86.8 Å². The summed E-state index contributed by atoms with van der Waals surface area (Å²) in [6, 6.07) is 0. The van der Waals surface area contributed by atoms with Crippen LogP contribution in [0.25, 0.3) is 0 Å². The lowest BCUT2D eigenvalue weighted by Gasteiger charge is -2.19. The normalized spacial score (nSPS) is 14.1. The van der Waals surface area contributed by atoms with E-state index in [4.69, 9.17) is 24.3 Å². The van der Waals surface area contributed by atoms with E-state index in [1.54, 1.807) is 0 Å². The number of phosphoric acid groups is 1. The molecular formula is C43H74NO8P. The highest BCUT2D eigenvalue weighted by molar-refractivity contribution is 7.47. The maximum atomic E-state index is 12.6. The van der Waals surface area contributed by atoms with E-state index in [0.717, 1.165) is 89.9 Å². The Balaban J connectivity index is 4.28. The molecule has 0 saturated heterocycles. The average molecular weight is 764 g/mol. The van der Waals surface area contributed by atoms with Gasteiger partial charge >= 0.3 is 19.8 Å². The van der Waals surface area contributed by atoms with Crippen molar-refractivity contribution < 1.29 is 37.6 Å². The van der Waals surface area contributed by atoms with Gasteiger partial charge in [-0.05, 0) is 83.5 Å². The molecule has 0 rings (SSSR count). The van der Waals surface area contributed by atoms with Crippen LogP contribution in [0.2, 0.25) is 0 Å². The molecule has 0 heterocycles. The summed E-state index contributed by atoms with van der Waals surface area (Å²) >= 11 is 0.